The van der Waals surface area contributed by atoms with Crippen molar-refractivity contribution in [3.8, 4) is 0 Å². The Morgan fingerprint density at radius 1 is 1.17 bits per heavy atom. The summed E-state index contributed by atoms with van der Waals surface area (Å²) in [5.74, 6) is -1.03. The Morgan fingerprint density at radius 3 is 2.52 bits per heavy atom. The molecular formula is C19H15ClF4N4O. The molecule has 2 aromatic carbocycles. The van der Waals surface area contributed by atoms with Gasteiger partial charge in [0, 0.05) is 0 Å². The number of aromatic nitrogens is 2. The molecular weight excluding hydrogens is 412 g/mol. The second-order valence-corrected chi connectivity index (χ2v) is 6.55. The summed E-state index contributed by atoms with van der Waals surface area (Å²) in [6, 6.07) is 10.1. The SMILES string of the molecule is Cc1nn(Cc2ccc(F)cc2)c(Cl)c1C(=O)NNc1cccc(C(F)(F)F)c1. The van der Waals surface area contributed by atoms with E-state index in [0.717, 1.165) is 17.7 Å². The summed E-state index contributed by atoms with van der Waals surface area (Å²) < 4.78 is 52.7. The van der Waals surface area contributed by atoms with Gasteiger partial charge < -0.3 is 0 Å². The van der Waals surface area contributed by atoms with E-state index in [1.807, 2.05) is 0 Å². The molecule has 3 aromatic rings. The molecule has 29 heavy (non-hydrogen) atoms. The van der Waals surface area contributed by atoms with Crippen molar-refractivity contribution in [3.63, 3.8) is 0 Å². The van der Waals surface area contributed by atoms with Gasteiger partial charge in [0.05, 0.1) is 23.5 Å². The Bertz CT molecular complexity index is 1030. The van der Waals surface area contributed by atoms with Crippen molar-refractivity contribution in [3.05, 3.63) is 81.9 Å². The Morgan fingerprint density at radius 2 is 1.86 bits per heavy atom. The zero-order valence-corrected chi connectivity index (χ0v) is 15.8. The van der Waals surface area contributed by atoms with Crippen LogP contribution in [0.4, 0.5) is 23.2 Å². The third-order valence-electron chi connectivity index (χ3n) is 4.05. The number of carbonyl (C=O) groups is 1. The highest BCUT2D eigenvalue weighted by Gasteiger charge is 2.30. The van der Waals surface area contributed by atoms with Crippen LogP contribution in [-0.4, -0.2) is 15.7 Å². The third-order valence-corrected chi connectivity index (χ3v) is 4.43. The molecule has 0 saturated heterocycles. The molecule has 1 heterocycles. The number of benzene rings is 2. The van der Waals surface area contributed by atoms with Gasteiger partial charge in [-0.25, -0.2) is 9.07 Å². The van der Waals surface area contributed by atoms with E-state index >= 15 is 0 Å². The molecule has 0 atom stereocenters. The largest absolute Gasteiger partial charge is 0.416 e. The first-order valence-electron chi connectivity index (χ1n) is 8.36. The van der Waals surface area contributed by atoms with Gasteiger partial charge in [0.25, 0.3) is 5.91 Å². The molecule has 152 valence electrons. The van der Waals surface area contributed by atoms with E-state index in [2.05, 4.69) is 16.0 Å². The number of halogens is 5. The molecule has 1 aromatic heterocycles. The molecule has 0 spiro atoms. The van der Waals surface area contributed by atoms with Gasteiger partial charge in [-0.1, -0.05) is 29.8 Å². The van der Waals surface area contributed by atoms with Crippen molar-refractivity contribution in [1.29, 1.82) is 0 Å². The van der Waals surface area contributed by atoms with Crippen molar-refractivity contribution in [1.82, 2.24) is 15.2 Å². The van der Waals surface area contributed by atoms with Crippen LogP contribution in [-0.2, 0) is 12.7 Å². The number of anilines is 1. The lowest BCUT2D eigenvalue weighted by Crippen LogP contribution is -2.30. The zero-order chi connectivity index (χ0) is 21.2. The molecule has 3 rings (SSSR count). The van der Waals surface area contributed by atoms with E-state index in [1.165, 1.54) is 28.9 Å². The maximum Gasteiger partial charge on any atom is 0.416 e. The van der Waals surface area contributed by atoms with Gasteiger partial charge in [0.1, 0.15) is 16.5 Å². The first kappa shape index (κ1) is 20.7. The molecule has 0 fully saturated rings. The fourth-order valence-corrected chi connectivity index (χ4v) is 2.96. The van der Waals surface area contributed by atoms with Gasteiger partial charge in [-0.2, -0.15) is 18.3 Å². The van der Waals surface area contributed by atoms with E-state index in [-0.39, 0.29) is 28.8 Å². The minimum Gasteiger partial charge on any atom is -0.298 e. The van der Waals surface area contributed by atoms with Crippen LogP contribution in [0.25, 0.3) is 0 Å². The van der Waals surface area contributed by atoms with Crippen LogP contribution >= 0.6 is 11.6 Å². The number of nitrogens with one attached hydrogen (secondary N) is 2. The number of alkyl halides is 3. The fraction of sp³-hybridized carbons (Fsp3) is 0.158. The van der Waals surface area contributed by atoms with Crippen LogP contribution in [0.15, 0.2) is 48.5 Å². The van der Waals surface area contributed by atoms with E-state index < -0.39 is 17.6 Å². The summed E-state index contributed by atoms with van der Waals surface area (Å²) in [5, 5.41) is 4.26. The molecule has 0 aliphatic carbocycles. The molecule has 0 bridgehead atoms. The van der Waals surface area contributed by atoms with Gasteiger partial charge in [-0.3, -0.25) is 15.6 Å². The van der Waals surface area contributed by atoms with Crippen LogP contribution in [0, 0.1) is 12.7 Å². The molecule has 0 unspecified atom stereocenters. The van der Waals surface area contributed by atoms with Crippen LogP contribution in [0.5, 0.6) is 0 Å². The van der Waals surface area contributed by atoms with Gasteiger partial charge in [-0.15, -0.1) is 0 Å². The number of rotatable bonds is 5. The van der Waals surface area contributed by atoms with Crippen molar-refractivity contribution < 1.29 is 22.4 Å². The topological polar surface area (TPSA) is 59.0 Å². The lowest BCUT2D eigenvalue weighted by atomic mass is 10.2. The molecule has 5 nitrogen and oxygen atoms in total. The normalized spacial score (nSPS) is 11.4. The summed E-state index contributed by atoms with van der Waals surface area (Å²) in [5.41, 5.74) is 5.10. The summed E-state index contributed by atoms with van der Waals surface area (Å²) >= 11 is 6.26. The number of hydrogen-bond donors (Lipinski definition) is 2. The molecule has 2 N–H and O–H groups in total. The maximum atomic E-state index is 13.0. The van der Waals surface area contributed by atoms with E-state index in [0.29, 0.717) is 5.69 Å². The lowest BCUT2D eigenvalue weighted by Gasteiger charge is -2.11. The lowest BCUT2D eigenvalue weighted by molar-refractivity contribution is -0.137. The Balaban J connectivity index is 1.73. The third kappa shape index (κ3) is 4.86. The minimum atomic E-state index is -4.50. The standard InChI is InChI=1S/C19H15ClF4N4O/c1-11-16(17(20)28(27-11)10-12-5-7-14(21)8-6-12)18(29)26-25-15-4-2-3-13(9-15)19(22,23)24/h2-9,25H,10H2,1H3,(H,26,29). The monoisotopic (exact) mass is 426 g/mol. The predicted molar refractivity (Wildman–Crippen MR) is 100 cm³/mol. The summed E-state index contributed by atoms with van der Waals surface area (Å²) in [7, 11) is 0. The smallest absolute Gasteiger partial charge is 0.298 e. The number of carbonyl (C=O) groups excluding carboxylic acids is 1. The fourth-order valence-electron chi connectivity index (χ4n) is 2.64. The number of hydrogen-bond acceptors (Lipinski definition) is 3. The second-order valence-electron chi connectivity index (χ2n) is 6.19. The molecule has 0 saturated carbocycles. The Hall–Kier alpha value is -3.07. The van der Waals surface area contributed by atoms with Gasteiger partial charge in [0.15, 0.2) is 0 Å². The van der Waals surface area contributed by atoms with Crippen LogP contribution in [0.1, 0.15) is 27.2 Å². The average Bonchev–Trinajstić information content (AvgIpc) is 2.94. The molecule has 1 amide bonds. The van der Waals surface area contributed by atoms with E-state index in [4.69, 9.17) is 11.6 Å². The van der Waals surface area contributed by atoms with Gasteiger partial charge >= 0.3 is 6.18 Å². The van der Waals surface area contributed by atoms with E-state index in [1.54, 1.807) is 19.1 Å². The first-order valence-corrected chi connectivity index (χ1v) is 8.74. The highest BCUT2D eigenvalue weighted by atomic mass is 35.5. The quantitative estimate of drug-likeness (QED) is 0.455. The molecule has 0 aliphatic heterocycles. The van der Waals surface area contributed by atoms with Crippen LogP contribution in [0.3, 0.4) is 0 Å². The summed E-state index contributed by atoms with van der Waals surface area (Å²) in [6.07, 6.45) is -4.50. The van der Waals surface area contributed by atoms with Crippen molar-refractivity contribution in [2.24, 2.45) is 0 Å². The highest BCUT2D eigenvalue weighted by molar-refractivity contribution is 6.33. The second kappa shape index (κ2) is 8.12. The summed E-state index contributed by atoms with van der Waals surface area (Å²) in [6.45, 7) is 1.79. The number of hydrazine groups is 1. The predicted octanol–water partition coefficient (Wildman–Crippen LogP) is 4.81. The number of nitrogens with zero attached hydrogens (tertiary/aromatic N) is 2. The minimum absolute atomic E-state index is 0.0511. The zero-order valence-electron chi connectivity index (χ0n) is 15.0. The van der Waals surface area contributed by atoms with Crippen molar-refractivity contribution >= 4 is 23.2 Å². The Labute approximate surface area is 168 Å². The van der Waals surface area contributed by atoms with Crippen molar-refractivity contribution in [2.75, 3.05) is 5.43 Å². The number of amides is 1. The van der Waals surface area contributed by atoms with Crippen molar-refractivity contribution in [2.45, 2.75) is 19.6 Å². The highest BCUT2D eigenvalue weighted by Crippen LogP contribution is 2.30. The van der Waals surface area contributed by atoms with Gasteiger partial charge in [-0.05, 0) is 42.8 Å². The summed E-state index contributed by atoms with van der Waals surface area (Å²) in [4.78, 5) is 12.5. The number of aryl methyl sites for hydroxylation is 1. The molecule has 0 aliphatic rings. The maximum absolute atomic E-state index is 13.0. The first-order chi connectivity index (χ1) is 13.6. The molecule has 10 heteroatoms. The van der Waals surface area contributed by atoms with Crippen LogP contribution < -0.4 is 10.9 Å². The van der Waals surface area contributed by atoms with E-state index in [9.17, 15) is 22.4 Å². The average molecular weight is 427 g/mol. The Kier molecular flexibility index (Phi) is 5.78. The van der Waals surface area contributed by atoms with Gasteiger partial charge in [0.2, 0.25) is 0 Å². The molecule has 0 radical (unpaired) electrons. The van der Waals surface area contributed by atoms with Crippen LogP contribution in [0.2, 0.25) is 5.15 Å².